The van der Waals surface area contributed by atoms with Crippen molar-refractivity contribution in [3.63, 3.8) is 0 Å². The van der Waals surface area contributed by atoms with Crippen LogP contribution in [0, 0.1) is 0 Å². The van der Waals surface area contributed by atoms with Gasteiger partial charge in [-0.3, -0.25) is 9.78 Å². The van der Waals surface area contributed by atoms with Crippen molar-refractivity contribution in [3.05, 3.63) is 53.2 Å². The van der Waals surface area contributed by atoms with E-state index in [1.807, 2.05) is 0 Å². The first-order valence-electron chi connectivity index (χ1n) is 11.8. The van der Waals surface area contributed by atoms with Crippen LogP contribution in [0.15, 0.2) is 42.6 Å². The van der Waals surface area contributed by atoms with E-state index < -0.39 is 0 Å². The van der Waals surface area contributed by atoms with Crippen LogP contribution < -0.4 is 25.4 Å². The summed E-state index contributed by atoms with van der Waals surface area (Å²) in [5.74, 6) is 1.30. The number of methoxy groups -OCH3 is 1. The van der Waals surface area contributed by atoms with Gasteiger partial charge in [0, 0.05) is 35.8 Å². The Hall–Kier alpha value is -3.52. The van der Waals surface area contributed by atoms with E-state index in [2.05, 4.69) is 20.9 Å². The number of fused-ring (bicyclic) bond motifs is 1. The number of carbonyl (C=O) groups is 2. The van der Waals surface area contributed by atoms with Crippen LogP contribution >= 0.6 is 11.6 Å². The molecule has 0 unspecified atom stereocenters. The van der Waals surface area contributed by atoms with Crippen molar-refractivity contribution in [1.29, 1.82) is 0 Å². The Balaban J connectivity index is 1.39. The van der Waals surface area contributed by atoms with E-state index in [1.54, 1.807) is 42.6 Å². The second kappa shape index (κ2) is 10.00. The molecular formula is C26H27ClN4O4. The minimum absolute atomic E-state index is 0.173. The summed E-state index contributed by atoms with van der Waals surface area (Å²) in [5, 5.41) is 9.76. The summed E-state index contributed by atoms with van der Waals surface area (Å²) in [7, 11) is 1.54. The SMILES string of the molecule is COc1cc2nccc(Oc3ccc(NC(=O)NC4CC4)c(Cl)c3)c2cc1C(=O)NC1CCCC1. The van der Waals surface area contributed by atoms with E-state index in [0.29, 0.717) is 44.4 Å². The number of carbonyl (C=O) groups excluding carboxylic acids is 2. The molecule has 0 saturated heterocycles. The largest absolute Gasteiger partial charge is 0.496 e. The molecule has 3 N–H and O–H groups in total. The van der Waals surface area contributed by atoms with Gasteiger partial charge in [-0.05, 0) is 49.9 Å². The third-order valence-corrected chi connectivity index (χ3v) is 6.60. The number of nitrogens with zero attached hydrogens (tertiary/aromatic N) is 1. The fourth-order valence-corrected chi connectivity index (χ4v) is 4.49. The van der Waals surface area contributed by atoms with Gasteiger partial charge in [-0.1, -0.05) is 24.4 Å². The second-order valence-electron chi connectivity index (χ2n) is 8.95. The van der Waals surface area contributed by atoms with Crippen LogP contribution in [0.5, 0.6) is 17.2 Å². The molecule has 0 bridgehead atoms. The highest BCUT2D eigenvalue weighted by atomic mass is 35.5. The summed E-state index contributed by atoms with van der Waals surface area (Å²) in [6.45, 7) is 0. The Morgan fingerprint density at radius 3 is 2.46 bits per heavy atom. The van der Waals surface area contributed by atoms with Gasteiger partial charge in [0.05, 0.1) is 28.9 Å². The molecule has 5 rings (SSSR count). The number of benzene rings is 2. The number of halogens is 1. The predicted molar refractivity (Wildman–Crippen MR) is 135 cm³/mol. The summed E-state index contributed by atoms with van der Waals surface area (Å²) in [4.78, 5) is 29.5. The van der Waals surface area contributed by atoms with E-state index in [0.717, 1.165) is 38.5 Å². The predicted octanol–water partition coefficient (Wildman–Crippen LogP) is 5.65. The second-order valence-corrected chi connectivity index (χ2v) is 9.36. The molecular weight excluding hydrogens is 468 g/mol. The summed E-state index contributed by atoms with van der Waals surface area (Å²) in [6, 6.07) is 10.4. The molecule has 9 heteroatoms. The molecule has 0 aliphatic heterocycles. The van der Waals surface area contributed by atoms with Gasteiger partial charge in [-0.15, -0.1) is 0 Å². The number of hydrogen-bond acceptors (Lipinski definition) is 5. The van der Waals surface area contributed by atoms with Gasteiger partial charge < -0.3 is 25.4 Å². The van der Waals surface area contributed by atoms with E-state index in [1.165, 1.54) is 7.11 Å². The maximum Gasteiger partial charge on any atom is 0.319 e. The maximum absolute atomic E-state index is 13.0. The Kier molecular flexibility index (Phi) is 6.63. The van der Waals surface area contributed by atoms with E-state index in [9.17, 15) is 9.59 Å². The van der Waals surface area contributed by atoms with Crippen molar-refractivity contribution >= 4 is 40.1 Å². The first-order valence-corrected chi connectivity index (χ1v) is 12.2. The van der Waals surface area contributed by atoms with Crippen LogP contribution in [0.2, 0.25) is 5.02 Å². The topological polar surface area (TPSA) is 102 Å². The highest BCUT2D eigenvalue weighted by Crippen LogP contribution is 2.35. The lowest BCUT2D eigenvalue weighted by Crippen LogP contribution is -2.32. The quantitative estimate of drug-likeness (QED) is 0.394. The van der Waals surface area contributed by atoms with Crippen molar-refractivity contribution < 1.29 is 19.1 Å². The van der Waals surface area contributed by atoms with Gasteiger partial charge in [-0.25, -0.2) is 4.79 Å². The summed E-state index contributed by atoms with van der Waals surface area (Å²) in [6.07, 6.45) is 7.88. The average Bonchev–Trinajstić information content (AvgIpc) is 3.51. The normalized spacial score (nSPS) is 15.6. The zero-order valence-corrected chi connectivity index (χ0v) is 20.2. The number of amides is 3. The molecule has 1 heterocycles. The van der Waals surface area contributed by atoms with E-state index in [-0.39, 0.29) is 24.0 Å². The maximum atomic E-state index is 13.0. The average molecular weight is 495 g/mol. The third kappa shape index (κ3) is 5.43. The molecule has 2 aliphatic rings. The number of rotatable bonds is 7. The van der Waals surface area contributed by atoms with Crippen molar-refractivity contribution in [2.45, 2.75) is 50.6 Å². The Bertz CT molecular complexity index is 1270. The van der Waals surface area contributed by atoms with Gasteiger partial charge in [0.1, 0.15) is 17.2 Å². The number of nitrogens with one attached hydrogen (secondary N) is 3. The lowest BCUT2D eigenvalue weighted by molar-refractivity contribution is 0.0935. The van der Waals surface area contributed by atoms with Crippen LogP contribution in [0.25, 0.3) is 10.9 Å². The first kappa shape index (κ1) is 23.2. The van der Waals surface area contributed by atoms with Crippen molar-refractivity contribution in [3.8, 4) is 17.2 Å². The third-order valence-electron chi connectivity index (χ3n) is 6.29. The van der Waals surface area contributed by atoms with E-state index in [4.69, 9.17) is 21.1 Å². The van der Waals surface area contributed by atoms with Crippen molar-refractivity contribution in [2.75, 3.05) is 12.4 Å². The molecule has 2 saturated carbocycles. The van der Waals surface area contributed by atoms with Crippen LogP contribution in [0.1, 0.15) is 48.9 Å². The van der Waals surface area contributed by atoms with Gasteiger partial charge in [0.25, 0.3) is 5.91 Å². The lowest BCUT2D eigenvalue weighted by Gasteiger charge is -2.16. The summed E-state index contributed by atoms with van der Waals surface area (Å²) in [5.41, 5.74) is 1.56. The highest BCUT2D eigenvalue weighted by Gasteiger charge is 2.24. The van der Waals surface area contributed by atoms with Crippen molar-refractivity contribution in [1.82, 2.24) is 15.6 Å². The minimum Gasteiger partial charge on any atom is -0.496 e. The summed E-state index contributed by atoms with van der Waals surface area (Å²) < 4.78 is 11.6. The van der Waals surface area contributed by atoms with Gasteiger partial charge in [0.2, 0.25) is 0 Å². The molecule has 2 aromatic carbocycles. The van der Waals surface area contributed by atoms with Crippen LogP contribution in [-0.4, -0.2) is 36.1 Å². The molecule has 1 aromatic heterocycles. The summed E-state index contributed by atoms with van der Waals surface area (Å²) >= 11 is 6.39. The molecule has 35 heavy (non-hydrogen) atoms. The zero-order chi connectivity index (χ0) is 24.4. The van der Waals surface area contributed by atoms with E-state index >= 15 is 0 Å². The Morgan fingerprint density at radius 2 is 1.74 bits per heavy atom. The Morgan fingerprint density at radius 1 is 0.971 bits per heavy atom. The van der Waals surface area contributed by atoms with Gasteiger partial charge in [-0.2, -0.15) is 0 Å². The lowest BCUT2D eigenvalue weighted by atomic mass is 10.1. The van der Waals surface area contributed by atoms with Gasteiger partial charge in [0.15, 0.2) is 0 Å². The molecule has 0 atom stereocenters. The number of aromatic nitrogens is 1. The number of pyridine rings is 1. The first-order chi connectivity index (χ1) is 17.0. The monoisotopic (exact) mass is 494 g/mol. The molecule has 2 aliphatic carbocycles. The van der Waals surface area contributed by atoms with Crippen LogP contribution in [0.3, 0.4) is 0 Å². The Labute approximate surface area is 208 Å². The number of hydrogen-bond donors (Lipinski definition) is 3. The number of ether oxygens (including phenoxy) is 2. The number of urea groups is 1. The van der Waals surface area contributed by atoms with Gasteiger partial charge >= 0.3 is 6.03 Å². The fraction of sp³-hybridized carbons (Fsp3) is 0.346. The molecule has 8 nitrogen and oxygen atoms in total. The molecule has 3 aromatic rings. The molecule has 2 fully saturated rings. The standard InChI is InChI=1S/C26H27ClN4O4/c1-34-24-14-22-18(13-19(24)25(32)29-15-4-2-3-5-15)23(10-11-28-22)35-17-8-9-21(20(27)12-17)31-26(33)30-16-6-7-16/h8-16H,2-7H2,1H3,(H,29,32)(H2,30,31,33). The van der Waals surface area contributed by atoms with Crippen molar-refractivity contribution in [2.24, 2.45) is 0 Å². The number of anilines is 1. The minimum atomic E-state index is -0.277. The molecule has 0 spiro atoms. The zero-order valence-electron chi connectivity index (χ0n) is 19.4. The smallest absolute Gasteiger partial charge is 0.319 e. The highest BCUT2D eigenvalue weighted by molar-refractivity contribution is 6.33. The molecule has 0 radical (unpaired) electrons. The molecule has 182 valence electrons. The van der Waals surface area contributed by atoms with Crippen LogP contribution in [0.4, 0.5) is 10.5 Å². The molecule has 3 amide bonds. The van der Waals surface area contributed by atoms with Crippen LogP contribution in [-0.2, 0) is 0 Å². The fourth-order valence-electron chi connectivity index (χ4n) is 4.28.